The van der Waals surface area contributed by atoms with E-state index in [0.29, 0.717) is 0 Å². The zero-order chi connectivity index (χ0) is 13.3. The molecule has 2 aromatic rings. The first kappa shape index (κ1) is 11.7. The maximum Gasteiger partial charge on any atom is 0.356 e. The first-order chi connectivity index (χ1) is 8.50. The van der Waals surface area contributed by atoms with Crippen molar-refractivity contribution in [2.24, 2.45) is 0 Å². The highest BCUT2D eigenvalue weighted by molar-refractivity contribution is 5.85. The first-order valence-corrected chi connectivity index (χ1v) is 4.71. The van der Waals surface area contributed by atoms with Crippen molar-refractivity contribution in [2.45, 2.75) is 0 Å². The normalized spacial score (nSPS) is 10.3. The van der Waals surface area contributed by atoms with Gasteiger partial charge in [-0.2, -0.15) is 4.39 Å². The molecule has 1 aromatic carbocycles. The lowest BCUT2D eigenvalue weighted by atomic mass is 10.2. The Morgan fingerprint density at radius 2 is 2.22 bits per heavy atom. The third-order valence-corrected chi connectivity index (χ3v) is 2.23. The van der Waals surface area contributed by atoms with Crippen molar-refractivity contribution >= 4 is 11.7 Å². The zero-order valence-corrected chi connectivity index (χ0v) is 8.78. The molecule has 7 nitrogen and oxygen atoms in total. The molecule has 18 heavy (non-hydrogen) atoms. The highest BCUT2D eigenvalue weighted by Crippen LogP contribution is 2.25. The minimum absolute atomic E-state index is 0.0833. The van der Waals surface area contributed by atoms with Gasteiger partial charge in [-0.05, 0) is 12.1 Å². The molecular formula is C10H6FN3O4. The van der Waals surface area contributed by atoms with Crippen LogP contribution in [0.25, 0.3) is 5.69 Å². The number of carboxylic acid groups (broad SMARTS) is 1. The Bertz CT molecular complexity index is 638. The molecule has 8 heteroatoms. The van der Waals surface area contributed by atoms with Crippen LogP contribution >= 0.6 is 0 Å². The van der Waals surface area contributed by atoms with Gasteiger partial charge in [-0.25, -0.2) is 9.78 Å². The predicted molar refractivity (Wildman–Crippen MR) is 57.1 cm³/mol. The van der Waals surface area contributed by atoms with Crippen LogP contribution in [0.3, 0.4) is 0 Å². The van der Waals surface area contributed by atoms with Crippen molar-refractivity contribution in [3.05, 3.63) is 52.3 Å². The largest absolute Gasteiger partial charge is 0.476 e. The summed E-state index contributed by atoms with van der Waals surface area (Å²) in [5.74, 6) is -2.27. The van der Waals surface area contributed by atoms with Gasteiger partial charge in [0.2, 0.25) is 5.82 Å². The second-order valence-electron chi connectivity index (χ2n) is 3.34. The Morgan fingerprint density at radius 3 is 2.78 bits per heavy atom. The second-order valence-corrected chi connectivity index (χ2v) is 3.34. The molecule has 0 aliphatic heterocycles. The number of imidazole rings is 1. The Morgan fingerprint density at radius 1 is 1.50 bits per heavy atom. The summed E-state index contributed by atoms with van der Waals surface area (Å²) in [6, 6.07) is 3.54. The quantitative estimate of drug-likeness (QED) is 0.660. The van der Waals surface area contributed by atoms with Gasteiger partial charge in [0.1, 0.15) is 12.0 Å². The van der Waals surface area contributed by atoms with Gasteiger partial charge in [0.15, 0.2) is 5.69 Å². The standard InChI is InChI=1S/C10H6FN3O4/c11-6-2-1-3-8(9(6)14(17)18)13-4-7(10(15)16)12-5-13/h1-5H,(H,15,16). The zero-order valence-electron chi connectivity index (χ0n) is 8.78. The van der Waals surface area contributed by atoms with Crippen LogP contribution < -0.4 is 0 Å². The summed E-state index contributed by atoms with van der Waals surface area (Å²) < 4.78 is 14.4. The number of benzene rings is 1. The molecular weight excluding hydrogens is 245 g/mol. The van der Waals surface area contributed by atoms with Crippen LogP contribution in [0.5, 0.6) is 0 Å². The number of nitro groups is 1. The maximum absolute atomic E-state index is 13.4. The fourth-order valence-corrected chi connectivity index (χ4v) is 1.46. The number of carbonyl (C=O) groups is 1. The minimum atomic E-state index is -1.27. The van der Waals surface area contributed by atoms with E-state index < -0.39 is 22.4 Å². The molecule has 92 valence electrons. The molecule has 1 aromatic heterocycles. The molecule has 0 spiro atoms. The number of carboxylic acids is 1. The minimum Gasteiger partial charge on any atom is -0.476 e. The fraction of sp³-hybridized carbons (Fsp3) is 0. The van der Waals surface area contributed by atoms with Crippen molar-refractivity contribution < 1.29 is 19.2 Å². The molecule has 0 bridgehead atoms. The maximum atomic E-state index is 13.4. The van der Waals surface area contributed by atoms with Gasteiger partial charge in [-0.1, -0.05) is 6.07 Å². The molecule has 0 atom stereocenters. The number of rotatable bonds is 3. The average Bonchev–Trinajstić information content (AvgIpc) is 2.77. The summed E-state index contributed by atoms with van der Waals surface area (Å²) in [7, 11) is 0. The van der Waals surface area contributed by atoms with Crippen LogP contribution in [0, 0.1) is 15.9 Å². The molecule has 1 N–H and O–H groups in total. The number of hydrogen-bond donors (Lipinski definition) is 1. The van der Waals surface area contributed by atoms with E-state index in [1.54, 1.807) is 0 Å². The number of aromatic nitrogens is 2. The monoisotopic (exact) mass is 251 g/mol. The van der Waals surface area contributed by atoms with Crippen molar-refractivity contribution in [3.8, 4) is 5.69 Å². The van der Waals surface area contributed by atoms with E-state index in [0.717, 1.165) is 23.2 Å². The molecule has 0 unspecified atom stereocenters. The summed E-state index contributed by atoms with van der Waals surface area (Å²) in [6.07, 6.45) is 2.15. The Balaban J connectivity index is 2.59. The molecule has 1 heterocycles. The molecule has 0 radical (unpaired) electrons. The van der Waals surface area contributed by atoms with Gasteiger partial charge in [-0.15, -0.1) is 0 Å². The van der Waals surface area contributed by atoms with Crippen LogP contribution in [0.4, 0.5) is 10.1 Å². The second kappa shape index (κ2) is 4.24. The van der Waals surface area contributed by atoms with Crippen molar-refractivity contribution in [1.82, 2.24) is 9.55 Å². The highest BCUT2D eigenvalue weighted by atomic mass is 19.1. The molecule has 0 fully saturated rings. The van der Waals surface area contributed by atoms with Crippen molar-refractivity contribution in [1.29, 1.82) is 0 Å². The lowest BCUT2D eigenvalue weighted by molar-refractivity contribution is -0.387. The van der Waals surface area contributed by atoms with E-state index in [1.807, 2.05) is 0 Å². The molecule has 0 aliphatic rings. The predicted octanol–water partition coefficient (Wildman–Crippen LogP) is 1.62. The number of nitrogens with zero attached hydrogens (tertiary/aromatic N) is 3. The number of aromatic carboxylic acids is 1. The summed E-state index contributed by atoms with van der Waals surface area (Å²) in [5.41, 5.74) is -1.10. The van der Waals surface area contributed by atoms with Crippen LogP contribution in [-0.2, 0) is 0 Å². The van der Waals surface area contributed by atoms with Gasteiger partial charge in [0.05, 0.1) is 4.92 Å². The number of hydrogen-bond acceptors (Lipinski definition) is 4. The number of para-hydroxylation sites is 1. The first-order valence-electron chi connectivity index (χ1n) is 4.71. The van der Waals surface area contributed by atoms with E-state index in [-0.39, 0.29) is 11.4 Å². The van der Waals surface area contributed by atoms with Crippen LogP contribution in [0.1, 0.15) is 10.5 Å². The highest BCUT2D eigenvalue weighted by Gasteiger charge is 2.21. The topological polar surface area (TPSA) is 98.3 Å². The SMILES string of the molecule is O=C(O)c1cn(-c2cccc(F)c2[N+](=O)[O-])cn1. The van der Waals surface area contributed by atoms with Crippen LogP contribution in [0.2, 0.25) is 0 Å². The summed E-state index contributed by atoms with van der Waals surface area (Å²) in [6.45, 7) is 0. The Kier molecular flexibility index (Phi) is 2.76. The van der Waals surface area contributed by atoms with Gasteiger partial charge in [-0.3, -0.25) is 14.7 Å². The van der Waals surface area contributed by atoms with Gasteiger partial charge in [0.25, 0.3) is 0 Å². The van der Waals surface area contributed by atoms with Crippen molar-refractivity contribution in [2.75, 3.05) is 0 Å². The van der Waals surface area contributed by atoms with E-state index in [9.17, 15) is 19.3 Å². The van der Waals surface area contributed by atoms with E-state index >= 15 is 0 Å². The van der Waals surface area contributed by atoms with Gasteiger partial charge in [0, 0.05) is 6.20 Å². The lowest BCUT2D eigenvalue weighted by Gasteiger charge is -2.03. The van der Waals surface area contributed by atoms with Crippen molar-refractivity contribution in [3.63, 3.8) is 0 Å². The molecule has 2 rings (SSSR count). The molecule has 0 saturated carbocycles. The third kappa shape index (κ3) is 1.90. The average molecular weight is 251 g/mol. The molecule has 0 aliphatic carbocycles. The van der Waals surface area contributed by atoms with Gasteiger partial charge >= 0.3 is 11.7 Å². The van der Waals surface area contributed by atoms with Crippen LogP contribution in [-0.4, -0.2) is 25.6 Å². The lowest BCUT2D eigenvalue weighted by Crippen LogP contribution is -2.01. The Hall–Kier alpha value is -2.77. The summed E-state index contributed by atoms with van der Waals surface area (Å²) in [4.78, 5) is 24.1. The number of halogens is 1. The smallest absolute Gasteiger partial charge is 0.356 e. The fourth-order valence-electron chi connectivity index (χ4n) is 1.46. The van der Waals surface area contributed by atoms with E-state index in [2.05, 4.69) is 4.98 Å². The van der Waals surface area contributed by atoms with Gasteiger partial charge < -0.3 is 5.11 Å². The summed E-state index contributed by atoms with van der Waals surface area (Å²) in [5, 5.41) is 19.5. The van der Waals surface area contributed by atoms with E-state index in [4.69, 9.17) is 5.11 Å². The Labute approximate surface area is 99.3 Å². The molecule has 0 amide bonds. The third-order valence-electron chi connectivity index (χ3n) is 2.23. The number of nitro benzene ring substituents is 1. The van der Waals surface area contributed by atoms with E-state index in [1.165, 1.54) is 12.1 Å². The van der Waals surface area contributed by atoms with Crippen LogP contribution in [0.15, 0.2) is 30.7 Å². The molecule has 0 saturated heterocycles. The summed E-state index contributed by atoms with van der Waals surface area (Å²) >= 11 is 0.